The second kappa shape index (κ2) is 14.2. The SMILES string of the molecule is CN=C(NCCCCCC(=O)OC)NCCc1ccccn1.I. The lowest BCUT2D eigenvalue weighted by Gasteiger charge is -2.11. The van der Waals surface area contributed by atoms with Crippen LogP contribution >= 0.6 is 24.0 Å². The molecule has 130 valence electrons. The fraction of sp³-hybridized carbons (Fsp3) is 0.562. The van der Waals surface area contributed by atoms with Crippen LogP contribution in [0.15, 0.2) is 29.4 Å². The lowest BCUT2D eigenvalue weighted by atomic mass is 10.2. The summed E-state index contributed by atoms with van der Waals surface area (Å²) < 4.78 is 4.60. The summed E-state index contributed by atoms with van der Waals surface area (Å²) in [6.07, 6.45) is 6.01. The van der Waals surface area contributed by atoms with E-state index in [4.69, 9.17) is 0 Å². The second-order valence-corrected chi connectivity index (χ2v) is 4.88. The van der Waals surface area contributed by atoms with Crippen molar-refractivity contribution >= 4 is 35.9 Å². The maximum absolute atomic E-state index is 11.0. The van der Waals surface area contributed by atoms with Crippen LogP contribution in [0.1, 0.15) is 31.4 Å². The maximum atomic E-state index is 11.0. The molecule has 1 heterocycles. The smallest absolute Gasteiger partial charge is 0.305 e. The third-order valence-corrected chi connectivity index (χ3v) is 3.20. The summed E-state index contributed by atoms with van der Waals surface area (Å²) in [4.78, 5) is 19.4. The molecule has 0 bridgehead atoms. The van der Waals surface area contributed by atoms with E-state index < -0.39 is 0 Å². The lowest BCUT2D eigenvalue weighted by molar-refractivity contribution is -0.140. The van der Waals surface area contributed by atoms with E-state index in [9.17, 15) is 4.79 Å². The molecular weight excluding hydrogens is 407 g/mol. The number of methoxy groups -OCH3 is 1. The molecule has 0 radical (unpaired) electrons. The molecule has 1 aromatic heterocycles. The Balaban J connectivity index is 0.00000484. The van der Waals surface area contributed by atoms with Crippen LogP contribution in [0.3, 0.4) is 0 Å². The number of pyridine rings is 1. The summed E-state index contributed by atoms with van der Waals surface area (Å²) in [5.41, 5.74) is 1.06. The number of rotatable bonds is 9. The van der Waals surface area contributed by atoms with Gasteiger partial charge in [-0.25, -0.2) is 0 Å². The van der Waals surface area contributed by atoms with Gasteiger partial charge in [-0.2, -0.15) is 0 Å². The molecule has 7 heteroatoms. The van der Waals surface area contributed by atoms with E-state index in [2.05, 4.69) is 25.3 Å². The molecule has 2 N–H and O–H groups in total. The predicted molar refractivity (Wildman–Crippen MR) is 103 cm³/mol. The molecular formula is C16H27IN4O2. The quantitative estimate of drug-likeness (QED) is 0.205. The van der Waals surface area contributed by atoms with Crippen LogP contribution in [0.25, 0.3) is 0 Å². The molecule has 0 aromatic carbocycles. The first-order valence-electron chi connectivity index (χ1n) is 7.67. The van der Waals surface area contributed by atoms with Crippen LogP contribution in [-0.4, -0.2) is 44.2 Å². The number of halogens is 1. The molecule has 0 atom stereocenters. The van der Waals surface area contributed by atoms with Crippen molar-refractivity contribution in [2.24, 2.45) is 4.99 Å². The van der Waals surface area contributed by atoms with Gasteiger partial charge in [0.05, 0.1) is 7.11 Å². The van der Waals surface area contributed by atoms with Gasteiger partial charge >= 0.3 is 5.97 Å². The van der Waals surface area contributed by atoms with Crippen LogP contribution in [0, 0.1) is 0 Å². The molecule has 0 unspecified atom stereocenters. The summed E-state index contributed by atoms with van der Waals surface area (Å²) in [7, 11) is 3.18. The van der Waals surface area contributed by atoms with Crippen molar-refractivity contribution in [3.05, 3.63) is 30.1 Å². The van der Waals surface area contributed by atoms with Crippen LogP contribution in [0.2, 0.25) is 0 Å². The van der Waals surface area contributed by atoms with Gasteiger partial charge in [0.15, 0.2) is 5.96 Å². The first kappa shape index (κ1) is 21.6. The topological polar surface area (TPSA) is 75.6 Å². The molecule has 0 amide bonds. The van der Waals surface area contributed by atoms with Crippen molar-refractivity contribution in [1.29, 1.82) is 0 Å². The van der Waals surface area contributed by atoms with Gasteiger partial charge in [0.1, 0.15) is 0 Å². The van der Waals surface area contributed by atoms with E-state index in [1.165, 1.54) is 7.11 Å². The maximum Gasteiger partial charge on any atom is 0.305 e. The van der Waals surface area contributed by atoms with Crippen LogP contribution in [0.4, 0.5) is 0 Å². The van der Waals surface area contributed by atoms with Gasteiger partial charge in [-0.1, -0.05) is 12.5 Å². The Morgan fingerprint density at radius 2 is 2.00 bits per heavy atom. The molecule has 0 saturated carbocycles. The largest absolute Gasteiger partial charge is 0.469 e. The molecule has 1 rings (SSSR count). The van der Waals surface area contributed by atoms with Gasteiger partial charge in [0.2, 0.25) is 0 Å². The van der Waals surface area contributed by atoms with E-state index in [-0.39, 0.29) is 29.9 Å². The Hall–Kier alpha value is -1.38. The molecule has 23 heavy (non-hydrogen) atoms. The highest BCUT2D eigenvalue weighted by molar-refractivity contribution is 14.0. The minimum absolute atomic E-state index is 0. The Morgan fingerprint density at radius 1 is 1.22 bits per heavy atom. The molecule has 0 spiro atoms. The standard InChI is InChI=1S/C16H26N4O2.HI/c1-17-16(19-12-6-3-4-9-15(21)22-2)20-13-10-14-8-5-7-11-18-14;/h5,7-8,11H,3-4,6,9-10,12-13H2,1-2H3,(H2,17,19,20);1H. The number of carbonyl (C=O) groups is 1. The minimum atomic E-state index is -0.139. The van der Waals surface area contributed by atoms with Gasteiger partial charge in [-0.15, -0.1) is 24.0 Å². The monoisotopic (exact) mass is 434 g/mol. The van der Waals surface area contributed by atoms with E-state index in [1.54, 1.807) is 13.2 Å². The third kappa shape index (κ3) is 10.9. The molecule has 0 aliphatic carbocycles. The number of esters is 1. The highest BCUT2D eigenvalue weighted by atomic mass is 127. The number of unbranched alkanes of at least 4 members (excludes halogenated alkanes) is 2. The number of hydrogen-bond donors (Lipinski definition) is 2. The number of aliphatic imine (C=N–C) groups is 1. The van der Waals surface area contributed by atoms with E-state index in [1.807, 2.05) is 18.2 Å². The van der Waals surface area contributed by atoms with E-state index in [0.717, 1.165) is 50.4 Å². The van der Waals surface area contributed by atoms with Crippen LogP contribution in [-0.2, 0) is 16.0 Å². The van der Waals surface area contributed by atoms with Crippen molar-refractivity contribution < 1.29 is 9.53 Å². The Labute approximate surface area is 155 Å². The highest BCUT2D eigenvalue weighted by Crippen LogP contribution is 2.00. The van der Waals surface area contributed by atoms with Crippen LogP contribution < -0.4 is 10.6 Å². The molecule has 0 aliphatic rings. The summed E-state index contributed by atoms with van der Waals surface area (Å²) in [5.74, 6) is 0.656. The Kier molecular flexibility index (Phi) is 13.4. The number of aromatic nitrogens is 1. The zero-order chi connectivity index (χ0) is 16.0. The average molecular weight is 434 g/mol. The Bertz CT molecular complexity index is 455. The second-order valence-electron chi connectivity index (χ2n) is 4.88. The molecule has 0 aliphatic heterocycles. The normalized spacial score (nSPS) is 10.6. The van der Waals surface area contributed by atoms with E-state index >= 15 is 0 Å². The summed E-state index contributed by atoms with van der Waals surface area (Å²) in [6, 6.07) is 5.92. The molecule has 6 nitrogen and oxygen atoms in total. The average Bonchev–Trinajstić information content (AvgIpc) is 2.56. The molecule has 1 aromatic rings. The number of ether oxygens (including phenoxy) is 1. The van der Waals surface area contributed by atoms with Gasteiger partial charge in [0.25, 0.3) is 0 Å². The highest BCUT2D eigenvalue weighted by Gasteiger charge is 2.00. The third-order valence-electron chi connectivity index (χ3n) is 3.20. The van der Waals surface area contributed by atoms with Crippen molar-refractivity contribution in [2.45, 2.75) is 32.1 Å². The van der Waals surface area contributed by atoms with Gasteiger partial charge < -0.3 is 15.4 Å². The fourth-order valence-electron chi connectivity index (χ4n) is 1.96. The number of carbonyl (C=O) groups excluding carboxylic acids is 1. The number of nitrogens with zero attached hydrogens (tertiary/aromatic N) is 2. The van der Waals surface area contributed by atoms with Gasteiger partial charge in [0, 0.05) is 44.9 Å². The zero-order valence-corrected chi connectivity index (χ0v) is 16.2. The van der Waals surface area contributed by atoms with Crippen molar-refractivity contribution in [3.63, 3.8) is 0 Å². The number of hydrogen-bond acceptors (Lipinski definition) is 4. The van der Waals surface area contributed by atoms with Crippen molar-refractivity contribution in [1.82, 2.24) is 15.6 Å². The van der Waals surface area contributed by atoms with E-state index in [0.29, 0.717) is 6.42 Å². The fourth-order valence-corrected chi connectivity index (χ4v) is 1.96. The van der Waals surface area contributed by atoms with Crippen molar-refractivity contribution in [3.8, 4) is 0 Å². The first-order valence-corrected chi connectivity index (χ1v) is 7.67. The van der Waals surface area contributed by atoms with Crippen molar-refractivity contribution in [2.75, 3.05) is 27.2 Å². The summed E-state index contributed by atoms with van der Waals surface area (Å²) in [6.45, 7) is 1.63. The number of guanidine groups is 1. The number of nitrogens with one attached hydrogen (secondary N) is 2. The predicted octanol–water partition coefficient (Wildman–Crippen LogP) is 2.14. The summed E-state index contributed by atoms with van der Waals surface area (Å²) in [5, 5.41) is 6.52. The van der Waals surface area contributed by atoms with Crippen LogP contribution in [0.5, 0.6) is 0 Å². The van der Waals surface area contributed by atoms with Gasteiger partial charge in [-0.05, 0) is 25.0 Å². The first-order chi connectivity index (χ1) is 10.8. The lowest BCUT2D eigenvalue weighted by Crippen LogP contribution is -2.38. The Morgan fingerprint density at radius 3 is 2.65 bits per heavy atom. The molecule has 0 fully saturated rings. The zero-order valence-electron chi connectivity index (χ0n) is 13.9. The summed E-state index contributed by atoms with van der Waals surface area (Å²) >= 11 is 0. The van der Waals surface area contributed by atoms with Gasteiger partial charge in [-0.3, -0.25) is 14.8 Å². The molecule has 0 saturated heterocycles. The minimum Gasteiger partial charge on any atom is -0.469 e.